The summed E-state index contributed by atoms with van der Waals surface area (Å²) in [6, 6.07) is 9.11. The first-order valence-electron chi connectivity index (χ1n) is 11.9. The molecule has 2 aliphatic heterocycles. The Labute approximate surface area is 218 Å². The van der Waals surface area contributed by atoms with Gasteiger partial charge in [0.2, 0.25) is 6.79 Å². The molecule has 39 heavy (non-hydrogen) atoms. The van der Waals surface area contributed by atoms with Gasteiger partial charge in [-0.25, -0.2) is 4.98 Å². The van der Waals surface area contributed by atoms with Gasteiger partial charge in [-0.3, -0.25) is 9.59 Å². The van der Waals surface area contributed by atoms with Crippen LogP contribution in [0.5, 0.6) is 23.1 Å². The zero-order valence-electron chi connectivity index (χ0n) is 20.2. The number of halogens is 3. The van der Waals surface area contributed by atoms with Crippen LogP contribution >= 0.6 is 0 Å². The Morgan fingerprint density at radius 3 is 2.67 bits per heavy atom. The number of carboxylic acids is 1. The van der Waals surface area contributed by atoms with E-state index in [4.69, 9.17) is 23.5 Å². The Kier molecular flexibility index (Phi) is 7.17. The summed E-state index contributed by atoms with van der Waals surface area (Å²) in [5.74, 6) is -6.26. The van der Waals surface area contributed by atoms with Crippen molar-refractivity contribution >= 4 is 17.6 Å². The molecule has 4 heterocycles. The summed E-state index contributed by atoms with van der Waals surface area (Å²) in [5.41, 5.74) is 0.854. The van der Waals surface area contributed by atoms with Gasteiger partial charge in [0.15, 0.2) is 23.1 Å². The van der Waals surface area contributed by atoms with Crippen LogP contribution in [-0.2, 0) is 22.4 Å². The van der Waals surface area contributed by atoms with Crippen LogP contribution in [-0.4, -0.2) is 59.7 Å². The molecule has 2 N–H and O–H groups in total. The monoisotopic (exact) mass is 549 g/mol. The maximum Gasteiger partial charge on any atom is 0.450 e. The number of rotatable bonds is 10. The number of hydrogen-bond acceptors (Lipinski definition) is 10. The molecular weight excluding hydrogens is 527 g/mol. The Hall–Kier alpha value is -4.49. The number of alkyl halides is 3. The molecule has 0 fully saturated rings. The minimum atomic E-state index is -5.36. The largest absolute Gasteiger partial charge is 0.488 e. The highest BCUT2D eigenvalue weighted by Gasteiger charge is 2.50. The van der Waals surface area contributed by atoms with E-state index in [1.165, 1.54) is 24.3 Å². The van der Waals surface area contributed by atoms with Gasteiger partial charge in [-0.15, -0.1) is 0 Å². The summed E-state index contributed by atoms with van der Waals surface area (Å²) in [6.45, 7) is 1.26. The topological polar surface area (TPSA) is 142 Å². The predicted molar refractivity (Wildman–Crippen MR) is 125 cm³/mol. The molecule has 0 bridgehead atoms. The number of ketones is 1. The van der Waals surface area contributed by atoms with E-state index >= 15 is 0 Å². The third kappa shape index (κ3) is 5.84. The van der Waals surface area contributed by atoms with E-state index < -0.39 is 29.8 Å². The lowest BCUT2D eigenvalue weighted by molar-refractivity contribution is -0.180. The first-order valence-corrected chi connectivity index (χ1v) is 11.9. The third-order valence-electron chi connectivity index (χ3n) is 6.19. The lowest BCUT2D eigenvalue weighted by Gasteiger charge is -2.23. The van der Waals surface area contributed by atoms with Crippen LogP contribution in [0.1, 0.15) is 22.9 Å². The van der Waals surface area contributed by atoms with Crippen LogP contribution in [0.3, 0.4) is 0 Å². The smallest absolute Gasteiger partial charge is 0.450 e. The zero-order valence-corrected chi connectivity index (χ0v) is 20.2. The molecule has 2 aliphatic rings. The number of hydrogen-bond donors (Lipinski definition) is 2. The van der Waals surface area contributed by atoms with Crippen molar-refractivity contribution in [2.45, 2.75) is 24.9 Å². The first-order chi connectivity index (χ1) is 18.7. The van der Waals surface area contributed by atoms with E-state index in [1.54, 1.807) is 12.1 Å². The molecule has 3 aromatic rings. The SMILES string of the molecule is O=C(O)C(C(=O)C(F)(F)F)C(Cc1cc(OCCc2ccc3c(n2)NCCO3)no1)c1ccc2c(c1)OCO2. The number of nitrogens with one attached hydrogen (secondary N) is 1. The molecule has 14 heteroatoms. The Balaban J connectivity index is 1.31. The van der Waals surface area contributed by atoms with Crippen LogP contribution in [0.25, 0.3) is 0 Å². The number of ether oxygens (including phenoxy) is 4. The van der Waals surface area contributed by atoms with E-state index in [1.807, 2.05) is 0 Å². The summed E-state index contributed by atoms with van der Waals surface area (Å²) >= 11 is 0. The second-order valence-electron chi connectivity index (χ2n) is 8.76. The van der Waals surface area contributed by atoms with E-state index in [0.29, 0.717) is 36.9 Å². The molecule has 0 radical (unpaired) electrons. The highest BCUT2D eigenvalue weighted by molar-refractivity contribution is 6.02. The Morgan fingerprint density at radius 2 is 1.87 bits per heavy atom. The number of aromatic nitrogens is 2. The predicted octanol–water partition coefficient (Wildman–Crippen LogP) is 3.38. The lowest BCUT2D eigenvalue weighted by Crippen LogP contribution is -2.39. The van der Waals surface area contributed by atoms with Crippen molar-refractivity contribution in [1.82, 2.24) is 10.1 Å². The fourth-order valence-corrected chi connectivity index (χ4v) is 4.35. The van der Waals surface area contributed by atoms with Gasteiger partial charge in [0.05, 0.1) is 13.2 Å². The van der Waals surface area contributed by atoms with Crippen molar-refractivity contribution in [2.24, 2.45) is 5.92 Å². The summed E-state index contributed by atoms with van der Waals surface area (Å²) in [5, 5.41) is 16.6. The first kappa shape index (κ1) is 26.1. The minimum Gasteiger partial charge on any atom is -0.488 e. The highest BCUT2D eigenvalue weighted by Crippen LogP contribution is 2.40. The fourth-order valence-electron chi connectivity index (χ4n) is 4.35. The number of fused-ring (bicyclic) bond motifs is 2. The maximum atomic E-state index is 13.3. The van der Waals surface area contributed by atoms with Crippen molar-refractivity contribution in [1.29, 1.82) is 0 Å². The lowest BCUT2D eigenvalue weighted by atomic mass is 9.80. The van der Waals surface area contributed by atoms with E-state index in [0.717, 1.165) is 5.69 Å². The summed E-state index contributed by atoms with van der Waals surface area (Å²) in [4.78, 5) is 28.6. The van der Waals surface area contributed by atoms with E-state index in [-0.39, 0.29) is 42.8 Å². The molecule has 5 rings (SSSR count). The zero-order chi connectivity index (χ0) is 27.6. The number of benzene rings is 1. The summed E-state index contributed by atoms with van der Waals surface area (Å²) in [6.07, 6.45) is -5.33. The van der Waals surface area contributed by atoms with Crippen LogP contribution in [0, 0.1) is 5.92 Å². The molecule has 0 saturated carbocycles. The fraction of sp³-hybridized carbons (Fsp3) is 0.360. The van der Waals surface area contributed by atoms with Crippen molar-refractivity contribution in [3.8, 4) is 23.1 Å². The number of nitrogens with zero attached hydrogens (tertiary/aromatic N) is 2. The van der Waals surface area contributed by atoms with Crippen molar-refractivity contribution < 1.29 is 51.3 Å². The third-order valence-corrected chi connectivity index (χ3v) is 6.19. The van der Waals surface area contributed by atoms with Gasteiger partial charge in [-0.2, -0.15) is 13.2 Å². The number of aliphatic carboxylic acids is 1. The standard InChI is InChI=1S/C25H22F3N3O8/c26-25(27,28)22(32)21(24(33)34)16(13-1-3-17-19(9-13)38-12-37-17)10-15-11-20(31-39-15)36-7-5-14-2-4-18-23(30-14)29-6-8-35-18/h1-4,9,11,16,21H,5-8,10,12H2,(H,29,30)(H,33,34). The number of anilines is 1. The van der Waals surface area contributed by atoms with Gasteiger partial charge in [0.25, 0.3) is 11.7 Å². The molecule has 0 amide bonds. The van der Waals surface area contributed by atoms with Crippen LogP contribution in [0.4, 0.5) is 19.0 Å². The van der Waals surface area contributed by atoms with E-state index in [9.17, 15) is 27.9 Å². The number of pyridine rings is 1. The van der Waals surface area contributed by atoms with Gasteiger partial charge in [0.1, 0.15) is 18.3 Å². The molecule has 11 nitrogen and oxygen atoms in total. The number of carboxylic acid groups (broad SMARTS) is 1. The van der Waals surface area contributed by atoms with Crippen molar-refractivity contribution in [2.75, 3.05) is 31.9 Å². The van der Waals surface area contributed by atoms with Crippen LogP contribution in [0.15, 0.2) is 40.9 Å². The minimum absolute atomic E-state index is 0.0298. The molecule has 2 aromatic heterocycles. The van der Waals surface area contributed by atoms with Gasteiger partial charge in [-0.05, 0) is 35.0 Å². The second-order valence-corrected chi connectivity index (χ2v) is 8.76. The van der Waals surface area contributed by atoms with Crippen molar-refractivity contribution in [3.05, 3.63) is 53.4 Å². The second kappa shape index (κ2) is 10.7. The number of carbonyl (C=O) groups excluding carboxylic acids is 1. The average Bonchev–Trinajstić information content (AvgIpc) is 3.56. The summed E-state index contributed by atoms with van der Waals surface area (Å²) < 4.78 is 66.8. The molecule has 0 aliphatic carbocycles. The van der Waals surface area contributed by atoms with Gasteiger partial charge < -0.3 is 33.9 Å². The van der Waals surface area contributed by atoms with Gasteiger partial charge >= 0.3 is 12.1 Å². The van der Waals surface area contributed by atoms with Gasteiger partial charge in [-0.1, -0.05) is 6.07 Å². The van der Waals surface area contributed by atoms with Crippen LogP contribution in [0.2, 0.25) is 0 Å². The Morgan fingerprint density at radius 1 is 1.08 bits per heavy atom. The molecule has 2 atom stereocenters. The average molecular weight is 549 g/mol. The normalized spacial score (nSPS) is 15.5. The Bertz CT molecular complexity index is 1380. The molecule has 206 valence electrons. The molecule has 1 aromatic carbocycles. The van der Waals surface area contributed by atoms with Gasteiger partial charge in [0, 0.05) is 30.5 Å². The highest BCUT2D eigenvalue weighted by atomic mass is 19.4. The van der Waals surface area contributed by atoms with E-state index in [2.05, 4.69) is 15.5 Å². The summed E-state index contributed by atoms with van der Waals surface area (Å²) in [7, 11) is 0. The maximum absolute atomic E-state index is 13.3. The molecule has 0 saturated heterocycles. The molecular formula is C25H22F3N3O8. The quantitative estimate of drug-likeness (QED) is 0.360. The van der Waals surface area contributed by atoms with Crippen molar-refractivity contribution in [3.63, 3.8) is 0 Å². The number of Topliss-reactive ketones (excluding diaryl/α,β-unsaturated/α-hetero) is 1. The molecule has 2 unspecified atom stereocenters. The molecule has 0 spiro atoms. The van der Waals surface area contributed by atoms with Crippen LogP contribution < -0.4 is 24.3 Å². The number of carbonyl (C=O) groups is 2.